The minimum Gasteiger partial charge on any atom is -0.384 e. The highest BCUT2D eigenvalue weighted by Gasteiger charge is 2.21. The quantitative estimate of drug-likeness (QED) is 0.748. The highest BCUT2D eigenvalue weighted by molar-refractivity contribution is 5.90. The van der Waals surface area contributed by atoms with Gasteiger partial charge in [0.2, 0.25) is 5.82 Å². The summed E-state index contributed by atoms with van der Waals surface area (Å²) >= 11 is 0. The number of aromatic amines is 1. The molecule has 0 aliphatic carbocycles. The molecule has 2 aromatic heterocycles. The summed E-state index contributed by atoms with van der Waals surface area (Å²) in [6.07, 6.45) is 1.62. The minimum atomic E-state index is -0.347. The number of hydrogen-bond donors (Lipinski definition) is 3. The van der Waals surface area contributed by atoms with E-state index in [1.165, 1.54) is 0 Å². The third-order valence-corrected chi connectivity index (χ3v) is 2.90. The number of rotatable bonds is 3. The first-order chi connectivity index (χ1) is 9.29. The van der Waals surface area contributed by atoms with Crippen LogP contribution in [-0.2, 0) is 19.0 Å². The molecule has 8 nitrogen and oxygen atoms in total. The Morgan fingerprint density at radius 2 is 2.20 bits per heavy atom. The molecule has 0 aliphatic rings. The molecule has 2 heterocycles. The zero-order valence-corrected chi connectivity index (χ0v) is 12.1. The van der Waals surface area contributed by atoms with Crippen molar-refractivity contribution in [3.63, 3.8) is 0 Å². The molecular weight excluding hydrogens is 258 g/mol. The number of amides is 1. The van der Waals surface area contributed by atoms with Crippen LogP contribution in [0.2, 0.25) is 0 Å². The van der Waals surface area contributed by atoms with Gasteiger partial charge in [-0.15, -0.1) is 5.10 Å². The first-order valence-electron chi connectivity index (χ1n) is 6.26. The monoisotopic (exact) mass is 277 g/mol. The Hall–Kier alpha value is -2.38. The van der Waals surface area contributed by atoms with Gasteiger partial charge in [-0.3, -0.25) is 14.6 Å². The van der Waals surface area contributed by atoms with Crippen molar-refractivity contribution in [2.45, 2.75) is 32.7 Å². The van der Waals surface area contributed by atoms with Gasteiger partial charge in [0.05, 0.1) is 6.20 Å². The number of aromatic nitrogens is 5. The average Bonchev–Trinajstić information content (AvgIpc) is 2.96. The zero-order valence-electron chi connectivity index (χ0n) is 12.1. The Bertz CT molecular complexity index is 620. The number of carbonyl (C=O) groups excluding carboxylic acids is 1. The molecular formula is C12H19N7O. The molecule has 0 spiro atoms. The standard InChI is InChI=1S/C12H19N7O/c1-12(2,3)11-16-9(17-18-11)10(20)14-5-7-6-15-19(4)8(7)13/h6H,5,13H2,1-4H3,(H,14,20)(H,16,17,18). The van der Waals surface area contributed by atoms with E-state index in [1.807, 2.05) is 20.8 Å². The minimum absolute atomic E-state index is 0.123. The molecule has 0 atom stereocenters. The molecule has 0 radical (unpaired) electrons. The molecule has 4 N–H and O–H groups in total. The molecule has 0 bridgehead atoms. The van der Waals surface area contributed by atoms with Crippen LogP contribution in [0.25, 0.3) is 0 Å². The Morgan fingerprint density at radius 3 is 2.70 bits per heavy atom. The van der Waals surface area contributed by atoms with Crippen LogP contribution in [-0.4, -0.2) is 30.9 Å². The number of nitrogens with zero attached hydrogens (tertiary/aromatic N) is 4. The molecule has 108 valence electrons. The van der Waals surface area contributed by atoms with E-state index in [1.54, 1.807) is 17.9 Å². The van der Waals surface area contributed by atoms with E-state index in [9.17, 15) is 4.79 Å². The van der Waals surface area contributed by atoms with Crippen LogP contribution in [0.1, 0.15) is 42.8 Å². The third kappa shape index (κ3) is 2.79. The maximum Gasteiger partial charge on any atom is 0.291 e. The summed E-state index contributed by atoms with van der Waals surface area (Å²) < 4.78 is 1.55. The second-order valence-electron chi connectivity index (χ2n) is 5.62. The van der Waals surface area contributed by atoms with Crippen LogP contribution in [0.3, 0.4) is 0 Å². The fourth-order valence-corrected chi connectivity index (χ4v) is 1.58. The van der Waals surface area contributed by atoms with Crippen molar-refractivity contribution >= 4 is 11.7 Å². The van der Waals surface area contributed by atoms with Gasteiger partial charge in [-0.05, 0) is 0 Å². The van der Waals surface area contributed by atoms with E-state index in [4.69, 9.17) is 5.73 Å². The van der Waals surface area contributed by atoms with Gasteiger partial charge in [0.25, 0.3) is 5.91 Å². The summed E-state index contributed by atoms with van der Waals surface area (Å²) in [6, 6.07) is 0. The lowest BCUT2D eigenvalue weighted by Crippen LogP contribution is -2.24. The largest absolute Gasteiger partial charge is 0.384 e. The first-order valence-corrected chi connectivity index (χ1v) is 6.26. The van der Waals surface area contributed by atoms with Crippen LogP contribution in [0.5, 0.6) is 0 Å². The van der Waals surface area contributed by atoms with Gasteiger partial charge in [0.15, 0.2) is 0 Å². The fourth-order valence-electron chi connectivity index (χ4n) is 1.58. The molecule has 0 saturated heterocycles. The van der Waals surface area contributed by atoms with E-state index < -0.39 is 0 Å². The van der Waals surface area contributed by atoms with Crippen molar-refractivity contribution in [2.75, 3.05) is 5.73 Å². The smallest absolute Gasteiger partial charge is 0.291 e. The highest BCUT2D eigenvalue weighted by Crippen LogP contribution is 2.17. The number of aryl methyl sites for hydroxylation is 1. The summed E-state index contributed by atoms with van der Waals surface area (Å²) in [5, 5.41) is 13.4. The van der Waals surface area contributed by atoms with Crippen molar-refractivity contribution in [3.8, 4) is 0 Å². The topological polar surface area (TPSA) is 115 Å². The van der Waals surface area contributed by atoms with Crippen molar-refractivity contribution in [2.24, 2.45) is 7.05 Å². The highest BCUT2D eigenvalue weighted by atomic mass is 16.2. The van der Waals surface area contributed by atoms with Gasteiger partial charge < -0.3 is 11.1 Å². The number of nitrogen functional groups attached to an aromatic ring is 1. The molecule has 20 heavy (non-hydrogen) atoms. The normalized spacial score (nSPS) is 11.6. The summed E-state index contributed by atoms with van der Waals surface area (Å²) in [5.41, 5.74) is 6.38. The summed E-state index contributed by atoms with van der Waals surface area (Å²) in [5.74, 6) is 0.969. The van der Waals surface area contributed by atoms with Crippen LogP contribution < -0.4 is 11.1 Å². The maximum absolute atomic E-state index is 12.0. The molecule has 2 aromatic rings. The average molecular weight is 277 g/mol. The van der Waals surface area contributed by atoms with Crippen molar-refractivity contribution in [1.82, 2.24) is 30.3 Å². The second kappa shape index (κ2) is 4.95. The van der Waals surface area contributed by atoms with E-state index in [-0.39, 0.29) is 23.7 Å². The van der Waals surface area contributed by atoms with E-state index >= 15 is 0 Å². The Kier molecular flexibility index (Phi) is 3.47. The van der Waals surface area contributed by atoms with Gasteiger partial charge in [0.1, 0.15) is 11.6 Å². The van der Waals surface area contributed by atoms with E-state index in [0.717, 1.165) is 5.56 Å². The number of nitrogens with two attached hydrogens (primary N) is 1. The number of nitrogens with one attached hydrogen (secondary N) is 2. The molecule has 0 aromatic carbocycles. The van der Waals surface area contributed by atoms with Gasteiger partial charge >= 0.3 is 0 Å². The molecule has 0 aliphatic heterocycles. The molecule has 0 saturated carbocycles. The summed E-state index contributed by atoms with van der Waals surface area (Å²) in [4.78, 5) is 16.1. The molecule has 1 amide bonds. The predicted octanol–water partition coefficient (Wildman–Crippen LogP) is 0.348. The van der Waals surface area contributed by atoms with Gasteiger partial charge in [-0.2, -0.15) is 5.10 Å². The van der Waals surface area contributed by atoms with Crippen molar-refractivity contribution < 1.29 is 4.79 Å². The van der Waals surface area contributed by atoms with Gasteiger partial charge in [-0.25, -0.2) is 4.98 Å². The van der Waals surface area contributed by atoms with Crippen LogP contribution >= 0.6 is 0 Å². The lowest BCUT2D eigenvalue weighted by molar-refractivity contribution is 0.0941. The Labute approximate surface area is 116 Å². The Balaban J connectivity index is 2.02. The zero-order chi connectivity index (χ0) is 14.9. The summed E-state index contributed by atoms with van der Waals surface area (Å²) in [7, 11) is 1.74. The van der Waals surface area contributed by atoms with Crippen molar-refractivity contribution in [3.05, 3.63) is 23.4 Å². The number of carbonyl (C=O) groups is 1. The second-order valence-corrected chi connectivity index (χ2v) is 5.62. The first kappa shape index (κ1) is 14.0. The Morgan fingerprint density at radius 1 is 1.50 bits per heavy atom. The van der Waals surface area contributed by atoms with Crippen molar-refractivity contribution in [1.29, 1.82) is 0 Å². The molecule has 0 unspecified atom stereocenters. The maximum atomic E-state index is 12.0. The summed E-state index contributed by atoms with van der Waals surface area (Å²) in [6.45, 7) is 6.26. The number of H-pyrrole nitrogens is 1. The molecule has 0 fully saturated rings. The van der Waals surface area contributed by atoms with Crippen LogP contribution in [0.15, 0.2) is 6.20 Å². The van der Waals surface area contributed by atoms with Gasteiger partial charge in [-0.1, -0.05) is 20.8 Å². The third-order valence-electron chi connectivity index (χ3n) is 2.90. The molecule has 8 heteroatoms. The van der Waals surface area contributed by atoms with Crippen LogP contribution in [0, 0.1) is 0 Å². The fraction of sp³-hybridized carbons (Fsp3) is 0.500. The van der Waals surface area contributed by atoms with Crippen LogP contribution in [0.4, 0.5) is 5.82 Å². The lowest BCUT2D eigenvalue weighted by Gasteiger charge is -2.12. The van der Waals surface area contributed by atoms with E-state index in [0.29, 0.717) is 11.6 Å². The lowest BCUT2D eigenvalue weighted by atomic mass is 9.96. The number of anilines is 1. The van der Waals surface area contributed by atoms with E-state index in [2.05, 4.69) is 25.6 Å². The predicted molar refractivity (Wildman–Crippen MR) is 73.9 cm³/mol. The SMILES string of the molecule is Cn1ncc(CNC(=O)c2n[nH]c(C(C)(C)C)n2)c1N. The van der Waals surface area contributed by atoms with Gasteiger partial charge in [0, 0.05) is 24.6 Å². The molecule has 2 rings (SSSR count). The number of hydrogen-bond acceptors (Lipinski definition) is 5.